The van der Waals surface area contributed by atoms with Crippen LogP contribution in [0, 0.1) is 6.92 Å². The van der Waals surface area contributed by atoms with Crippen molar-refractivity contribution in [1.29, 1.82) is 0 Å². The van der Waals surface area contributed by atoms with E-state index in [1.165, 1.54) is 28.8 Å². The summed E-state index contributed by atoms with van der Waals surface area (Å²) >= 11 is 1.41. The van der Waals surface area contributed by atoms with Crippen molar-refractivity contribution in [2.24, 2.45) is 0 Å². The summed E-state index contributed by atoms with van der Waals surface area (Å²) in [5.74, 6) is -1.40. The van der Waals surface area contributed by atoms with Gasteiger partial charge in [-0.25, -0.2) is 0 Å². The van der Waals surface area contributed by atoms with Crippen molar-refractivity contribution in [3.8, 4) is 5.75 Å². The highest BCUT2D eigenvalue weighted by Gasteiger charge is 2.41. The number of thioether (sulfide) groups is 1. The fourth-order valence-corrected chi connectivity index (χ4v) is 6.16. The van der Waals surface area contributed by atoms with E-state index in [1.54, 1.807) is 24.0 Å². The predicted molar refractivity (Wildman–Crippen MR) is 174 cm³/mol. The van der Waals surface area contributed by atoms with E-state index >= 15 is 0 Å². The summed E-state index contributed by atoms with van der Waals surface area (Å²) in [7, 11) is 3.92. The molecule has 0 bridgehead atoms. The topological polar surface area (TPSA) is 113 Å². The molecular weight excluding hydrogens is 576 g/mol. The van der Waals surface area contributed by atoms with Gasteiger partial charge in [-0.05, 0) is 55.7 Å². The van der Waals surface area contributed by atoms with Crippen molar-refractivity contribution in [3.05, 3.63) is 108 Å². The molecule has 3 aromatic carbocycles. The van der Waals surface area contributed by atoms with E-state index in [9.17, 15) is 24.6 Å². The van der Waals surface area contributed by atoms with Gasteiger partial charge in [0.15, 0.2) is 6.10 Å². The number of aliphatic hydroxyl groups excluding tert-OH is 1. The molecule has 4 rings (SSSR count). The number of hydrogen-bond acceptors (Lipinski definition) is 7. The van der Waals surface area contributed by atoms with Gasteiger partial charge in [0.05, 0.1) is 17.3 Å². The number of rotatable bonds is 10. The van der Waals surface area contributed by atoms with Crippen LogP contribution < -0.4 is 10.2 Å². The molecule has 10 heteroatoms. The van der Waals surface area contributed by atoms with Gasteiger partial charge < -0.3 is 30.2 Å². The SMILES string of the molecule is C=C[C@H]1C(=O)N(Cc2ccc(N(C)C)cc2)C(C)SCN1C(=O)[C@@H](O)[C@H](Cc1ccccc1)NC(=O)c1cccc(O)c1C. The Kier molecular flexibility index (Phi) is 10.7. The van der Waals surface area contributed by atoms with Crippen molar-refractivity contribution in [2.45, 2.75) is 50.4 Å². The van der Waals surface area contributed by atoms with Gasteiger partial charge >= 0.3 is 0 Å². The first-order chi connectivity index (χ1) is 21.0. The molecular formula is C34H40N4O5S. The Hall–Kier alpha value is -4.28. The molecule has 44 heavy (non-hydrogen) atoms. The van der Waals surface area contributed by atoms with Crippen LogP contribution in [0.4, 0.5) is 5.69 Å². The van der Waals surface area contributed by atoms with E-state index in [0.717, 1.165) is 16.8 Å². The molecule has 3 amide bonds. The average Bonchev–Trinajstić information content (AvgIpc) is 3.13. The molecule has 0 aliphatic carbocycles. The van der Waals surface area contributed by atoms with Crippen LogP contribution in [0.2, 0.25) is 0 Å². The molecule has 1 heterocycles. The highest BCUT2D eigenvalue weighted by Crippen LogP contribution is 2.28. The molecule has 232 valence electrons. The van der Waals surface area contributed by atoms with Crippen LogP contribution in [0.3, 0.4) is 0 Å². The highest BCUT2D eigenvalue weighted by atomic mass is 32.2. The molecule has 1 aliphatic heterocycles. The second-order valence-corrected chi connectivity index (χ2v) is 12.3. The van der Waals surface area contributed by atoms with Gasteiger partial charge in [0.25, 0.3) is 17.7 Å². The highest BCUT2D eigenvalue weighted by molar-refractivity contribution is 7.99. The number of aromatic hydroxyl groups is 1. The molecule has 1 aliphatic rings. The number of benzene rings is 3. The second kappa shape index (κ2) is 14.5. The lowest BCUT2D eigenvalue weighted by atomic mass is 9.98. The van der Waals surface area contributed by atoms with E-state index in [0.29, 0.717) is 12.1 Å². The lowest BCUT2D eigenvalue weighted by molar-refractivity contribution is -0.148. The molecule has 4 atom stereocenters. The molecule has 0 radical (unpaired) electrons. The first-order valence-corrected chi connectivity index (χ1v) is 15.5. The maximum absolute atomic E-state index is 14.0. The van der Waals surface area contributed by atoms with Gasteiger partial charge in [0.2, 0.25) is 0 Å². The quantitative estimate of drug-likeness (QED) is 0.296. The molecule has 1 fully saturated rings. The van der Waals surface area contributed by atoms with Crippen LogP contribution in [-0.2, 0) is 22.6 Å². The Morgan fingerprint density at radius 2 is 1.75 bits per heavy atom. The fraction of sp³-hybridized carbons (Fsp3) is 0.324. The molecule has 3 N–H and O–H groups in total. The van der Waals surface area contributed by atoms with E-state index in [1.807, 2.05) is 80.5 Å². The summed E-state index contributed by atoms with van der Waals surface area (Å²) in [6, 6.07) is 19.8. The molecule has 0 saturated carbocycles. The summed E-state index contributed by atoms with van der Waals surface area (Å²) in [5, 5.41) is 24.2. The number of phenols is 1. The number of anilines is 1. The Morgan fingerprint density at radius 3 is 2.39 bits per heavy atom. The maximum Gasteiger partial charge on any atom is 0.255 e. The second-order valence-electron chi connectivity index (χ2n) is 11.1. The fourth-order valence-electron chi connectivity index (χ4n) is 5.14. The zero-order valence-corrected chi connectivity index (χ0v) is 26.3. The summed E-state index contributed by atoms with van der Waals surface area (Å²) in [5.41, 5.74) is 3.42. The maximum atomic E-state index is 14.0. The third-order valence-corrected chi connectivity index (χ3v) is 9.04. The standard InChI is InChI=1S/C34H40N4O5S/c1-6-29-33(42)37(20-25-15-17-26(18-16-25)36(4)5)23(3)44-21-38(29)34(43)31(40)28(19-24-11-8-7-9-12-24)35-32(41)27-13-10-14-30(39)22(27)2/h6-18,23,28-29,31,39-40H,1,19-21H2,2-5H3,(H,35,41)/t23?,28-,29-,31-/m0/s1. The summed E-state index contributed by atoms with van der Waals surface area (Å²) < 4.78 is 0. The first-order valence-electron chi connectivity index (χ1n) is 14.4. The van der Waals surface area contributed by atoms with Crippen LogP contribution in [0.25, 0.3) is 0 Å². The summed E-state index contributed by atoms with van der Waals surface area (Å²) in [6.45, 7) is 7.74. The van der Waals surface area contributed by atoms with Crippen molar-refractivity contribution < 1.29 is 24.6 Å². The Labute approximate surface area is 263 Å². The normalized spacial score (nSPS) is 18.2. The number of carbonyl (C=O) groups is 3. The van der Waals surface area contributed by atoms with Crippen LogP contribution in [0.5, 0.6) is 5.75 Å². The largest absolute Gasteiger partial charge is 0.508 e. The Bertz CT molecular complexity index is 1480. The molecule has 0 aromatic heterocycles. The van der Waals surface area contributed by atoms with E-state index < -0.39 is 30.0 Å². The Balaban J connectivity index is 1.57. The van der Waals surface area contributed by atoms with Crippen LogP contribution >= 0.6 is 11.8 Å². The molecule has 1 saturated heterocycles. The van der Waals surface area contributed by atoms with Crippen molar-refractivity contribution in [2.75, 3.05) is 24.9 Å². The van der Waals surface area contributed by atoms with Crippen LogP contribution in [0.15, 0.2) is 85.5 Å². The third-order valence-electron chi connectivity index (χ3n) is 7.88. The number of phenolic OH excluding ortho intramolecular Hbond substituents is 1. The molecule has 9 nitrogen and oxygen atoms in total. The predicted octanol–water partition coefficient (Wildman–Crippen LogP) is 3.93. The average molecular weight is 617 g/mol. The van der Waals surface area contributed by atoms with Gasteiger partial charge in [-0.3, -0.25) is 14.4 Å². The van der Waals surface area contributed by atoms with Gasteiger partial charge in [0.1, 0.15) is 11.8 Å². The smallest absolute Gasteiger partial charge is 0.255 e. The van der Waals surface area contributed by atoms with Crippen LogP contribution in [-0.4, -0.2) is 81.3 Å². The molecule has 1 unspecified atom stereocenters. The van der Waals surface area contributed by atoms with Crippen molar-refractivity contribution in [3.63, 3.8) is 0 Å². The van der Waals surface area contributed by atoms with Gasteiger partial charge in [-0.15, -0.1) is 18.3 Å². The Morgan fingerprint density at radius 1 is 1.07 bits per heavy atom. The summed E-state index contributed by atoms with van der Waals surface area (Å²) in [4.78, 5) is 46.2. The number of carbonyl (C=O) groups excluding carboxylic acids is 3. The van der Waals surface area contributed by atoms with Crippen molar-refractivity contribution >= 4 is 35.2 Å². The minimum Gasteiger partial charge on any atom is -0.508 e. The zero-order chi connectivity index (χ0) is 32.0. The van der Waals surface area contributed by atoms with E-state index in [-0.39, 0.29) is 34.9 Å². The molecule has 0 spiro atoms. The number of hydrogen-bond donors (Lipinski definition) is 3. The molecule has 3 aromatic rings. The number of nitrogens with one attached hydrogen (secondary N) is 1. The van der Waals surface area contributed by atoms with Crippen molar-refractivity contribution in [1.82, 2.24) is 15.1 Å². The zero-order valence-electron chi connectivity index (χ0n) is 25.5. The first kappa shape index (κ1) is 32.6. The number of aliphatic hydroxyl groups is 1. The minimum absolute atomic E-state index is 0.0323. The lowest BCUT2D eigenvalue weighted by Crippen LogP contribution is -2.56. The van der Waals surface area contributed by atoms with Gasteiger partial charge in [0, 0.05) is 37.5 Å². The summed E-state index contributed by atoms with van der Waals surface area (Å²) in [6.07, 6.45) is -0.0708. The third kappa shape index (κ3) is 7.43. The monoisotopic (exact) mass is 616 g/mol. The number of amides is 3. The number of nitrogens with zero attached hydrogens (tertiary/aromatic N) is 3. The van der Waals surface area contributed by atoms with Gasteiger partial charge in [-0.2, -0.15) is 0 Å². The van der Waals surface area contributed by atoms with Crippen LogP contribution in [0.1, 0.15) is 34.0 Å². The van der Waals surface area contributed by atoms with E-state index in [4.69, 9.17) is 0 Å². The minimum atomic E-state index is -1.66. The van der Waals surface area contributed by atoms with Gasteiger partial charge in [-0.1, -0.05) is 54.6 Å². The lowest BCUT2D eigenvalue weighted by Gasteiger charge is -2.32. The van der Waals surface area contributed by atoms with E-state index in [2.05, 4.69) is 11.9 Å².